The van der Waals surface area contributed by atoms with Crippen LogP contribution in [0.3, 0.4) is 0 Å². The maximum absolute atomic E-state index is 10.8. The molecule has 0 aliphatic carbocycles. The van der Waals surface area contributed by atoms with Crippen molar-refractivity contribution in [2.45, 2.75) is 79.1 Å². The van der Waals surface area contributed by atoms with E-state index in [0.29, 0.717) is 11.5 Å². The van der Waals surface area contributed by atoms with Crippen LogP contribution in [-0.4, -0.2) is 10.2 Å². The molecule has 0 unspecified atom stereocenters. The van der Waals surface area contributed by atoms with Gasteiger partial charge in [-0.1, -0.05) is 72.7 Å². The fraction of sp³-hybridized carbons (Fsp3) is 0.500. The second kappa shape index (κ2) is 6.64. The Labute approximate surface area is 158 Å². The molecule has 142 valence electrons. The maximum Gasteiger partial charge on any atom is 0.122 e. The van der Waals surface area contributed by atoms with E-state index in [0.717, 1.165) is 33.4 Å². The zero-order chi connectivity index (χ0) is 20.0. The summed E-state index contributed by atoms with van der Waals surface area (Å²) in [6.45, 7) is 18.9. The molecule has 2 nitrogen and oxygen atoms in total. The normalized spacial score (nSPS) is 12.7. The van der Waals surface area contributed by atoms with Gasteiger partial charge in [-0.2, -0.15) is 0 Å². The lowest BCUT2D eigenvalue weighted by Crippen LogP contribution is -2.20. The molecule has 2 N–H and O–H groups in total. The summed E-state index contributed by atoms with van der Waals surface area (Å²) in [7, 11) is 0. The highest BCUT2D eigenvalue weighted by atomic mass is 16.3. The van der Waals surface area contributed by atoms with E-state index in [1.807, 2.05) is 26.0 Å². The summed E-state index contributed by atoms with van der Waals surface area (Å²) in [5.41, 5.74) is 5.67. The van der Waals surface area contributed by atoms with Crippen LogP contribution in [0.15, 0.2) is 24.3 Å². The predicted molar refractivity (Wildman–Crippen MR) is 111 cm³/mol. The molecule has 2 aromatic rings. The van der Waals surface area contributed by atoms with Gasteiger partial charge in [0.1, 0.15) is 11.5 Å². The Morgan fingerprint density at radius 1 is 0.654 bits per heavy atom. The highest BCUT2D eigenvalue weighted by Gasteiger charge is 2.30. The van der Waals surface area contributed by atoms with Crippen molar-refractivity contribution < 1.29 is 10.2 Å². The molecule has 26 heavy (non-hydrogen) atoms. The average molecular weight is 355 g/mol. The zero-order valence-electron chi connectivity index (χ0n) is 17.8. The van der Waals surface area contributed by atoms with Crippen LogP contribution in [0.1, 0.15) is 87.8 Å². The van der Waals surface area contributed by atoms with Crippen LogP contribution in [0.4, 0.5) is 0 Å². The van der Waals surface area contributed by atoms with E-state index in [1.54, 1.807) is 0 Å². The molecule has 0 atom stereocenters. The molecular weight excluding hydrogens is 320 g/mol. The van der Waals surface area contributed by atoms with Gasteiger partial charge in [0.15, 0.2) is 0 Å². The summed E-state index contributed by atoms with van der Waals surface area (Å²) < 4.78 is 0. The van der Waals surface area contributed by atoms with Crippen molar-refractivity contribution in [2.75, 3.05) is 0 Å². The largest absolute Gasteiger partial charge is 0.507 e. The van der Waals surface area contributed by atoms with Crippen molar-refractivity contribution >= 4 is 0 Å². The van der Waals surface area contributed by atoms with E-state index in [9.17, 15) is 10.2 Å². The smallest absolute Gasteiger partial charge is 0.122 e. The average Bonchev–Trinajstić information content (AvgIpc) is 2.49. The number of hydrogen-bond donors (Lipinski definition) is 2. The van der Waals surface area contributed by atoms with E-state index in [4.69, 9.17) is 0 Å². The predicted octanol–water partition coefficient (Wildman–Crippen LogP) is 6.46. The van der Waals surface area contributed by atoms with Gasteiger partial charge in [0.25, 0.3) is 0 Å². The summed E-state index contributed by atoms with van der Waals surface area (Å²) in [5, 5.41) is 21.6. The monoisotopic (exact) mass is 354 g/mol. The molecular formula is C24H34O2. The quantitative estimate of drug-likeness (QED) is 0.649. The Balaban J connectivity index is 2.79. The number of phenols is 2. The van der Waals surface area contributed by atoms with Crippen LogP contribution in [0.25, 0.3) is 0 Å². The molecule has 0 fully saturated rings. The lowest BCUT2D eigenvalue weighted by Gasteiger charge is -2.31. The van der Waals surface area contributed by atoms with E-state index in [-0.39, 0.29) is 16.7 Å². The minimum Gasteiger partial charge on any atom is -0.507 e. The lowest BCUT2D eigenvalue weighted by atomic mass is 9.73. The Hall–Kier alpha value is -1.96. The van der Waals surface area contributed by atoms with Gasteiger partial charge in [-0.25, -0.2) is 0 Å². The third-order valence-corrected chi connectivity index (χ3v) is 5.26. The summed E-state index contributed by atoms with van der Waals surface area (Å²) in [6, 6.07) is 8.23. The first-order valence-electron chi connectivity index (χ1n) is 9.42. The minimum atomic E-state index is -0.172. The van der Waals surface area contributed by atoms with Crippen LogP contribution >= 0.6 is 0 Å². The maximum atomic E-state index is 10.8. The van der Waals surface area contributed by atoms with Crippen molar-refractivity contribution in [2.24, 2.45) is 0 Å². The molecule has 0 aliphatic heterocycles. The Bertz CT molecular complexity index is 748. The third-order valence-electron chi connectivity index (χ3n) is 5.26. The van der Waals surface area contributed by atoms with Gasteiger partial charge in [0, 0.05) is 17.0 Å². The van der Waals surface area contributed by atoms with Crippen LogP contribution < -0.4 is 0 Å². The molecule has 2 rings (SSSR count). The van der Waals surface area contributed by atoms with Gasteiger partial charge in [-0.05, 0) is 46.9 Å². The topological polar surface area (TPSA) is 40.5 Å². The van der Waals surface area contributed by atoms with Crippen molar-refractivity contribution in [1.29, 1.82) is 0 Å². The molecule has 0 bridgehead atoms. The van der Waals surface area contributed by atoms with Gasteiger partial charge in [0.05, 0.1) is 0 Å². The molecule has 0 saturated heterocycles. The summed E-state index contributed by atoms with van der Waals surface area (Å²) >= 11 is 0. The fourth-order valence-corrected chi connectivity index (χ4v) is 3.89. The number of phenolic OH excluding ortho intramolecular Hbond substituents is 2. The Kier molecular flexibility index (Phi) is 5.20. The molecule has 0 radical (unpaired) electrons. The van der Waals surface area contributed by atoms with Crippen LogP contribution in [0.5, 0.6) is 11.5 Å². The molecule has 2 heteroatoms. The van der Waals surface area contributed by atoms with Gasteiger partial charge in [0.2, 0.25) is 0 Å². The highest BCUT2D eigenvalue weighted by molar-refractivity contribution is 5.56. The second-order valence-corrected chi connectivity index (χ2v) is 9.61. The van der Waals surface area contributed by atoms with Crippen molar-refractivity contribution in [3.8, 4) is 11.5 Å². The van der Waals surface area contributed by atoms with Crippen LogP contribution in [-0.2, 0) is 10.8 Å². The molecule has 2 aromatic carbocycles. The molecule has 0 heterocycles. The molecule has 0 amide bonds. The van der Waals surface area contributed by atoms with E-state index >= 15 is 0 Å². The van der Waals surface area contributed by atoms with Crippen molar-refractivity contribution in [1.82, 2.24) is 0 Å². The molecule has 0 aliphatic rings. The van der Waals surface area contributed by atoms with E-state index < -0.39 is 0 Å². The number of aromatic hydroxyl groups is 2. The first-order chi connectivity index (χ1) is 11.8. The first-order valence-corrected chi connectivity index (χ1v) is 9.42. The van der Waals surface area contributed by atoms with Crippen molar-refractivity contribution in [3.05, 3.63) is 57.6 Å². The number of hydrogen-bond acceptors (Lipinski definition) is 2. The summed E-state index contributed by atoms with van der Waals surface area (Å²) in [6.07, 6.45) is 0. The first kappa shape index (κ1) is 20.4. The number of rotatable bonds is 2. The second-order valence-electron chi connectivity index (χ2n) is 9.61. The van der Waals surface area contributed by atoms with Gasteiger partial charge < -0.3 is 10.2 Å². The van der Waals surface area contributed by atoms with E-state index in [1.165, 1.54) is 0 Å². The van der Waals surface area contributed by atoms with Crippen molar-refractivity contribution in [3.63, 3.8) is 0 Å². The van der Waals surface area contributed by atoms with Crippen LogP contribution in [0, 0.1) is 13.8 Å². The zero-order valence-corrected chi connectivity index (χ0v) is 17.8. The molecule has 0 spiro atoms. The summed E-state index contributed by atoms with van der Waals surface area (Å²) in [5.74, 6) is 0.836. The Morgan fingerprint density at radius 3 is 1.23 bits per heavy atom. The molecule has 0 saturated carbocycles. The van der Waals surface area contributed by atoms with Crippen LogP contribution in [0.2, 0.25) is 0 Å². The van der Waals surface area contributed by atoms with Gasteiger partial charge in [-0.3, -0.25) is 0 Å². The fourth-order valence-electron chi connectivity index (χ4n) is 3.89. The third kappa shape index (κ3) is 3.60. The Morgan fingerprint density at radius 2 is 0.962 bits per heavy atom. The molecule has 0 aromatic heterocycles. The summed E-state index contributed by atoms with van der Waals surface area (Å²) in [4.78, 5) is 0. The SMILES string of the molecule is Cc1ccc(C(C)c2ccc(C)c(O)c2C(C)(C)C)c(C(C)(C)C)c1O. The van der Waals surface area contributed by atoms with Gasteiger partial charge in [-0.15, -0.1) is 0 Å². The lowest BCUT2D eigenvalue weighted by molar-refractivity contribution is 0.436. The van der Waals surface area contributed by atoms with Gasteiger partial charge >= 0.3 is 0 Å². The standard InChI is InChI=1S/C24H34O2/c1-14-10-12-17(19(21(14)25)23(4,5)6)16(3)18-13-11-15(2)22(26)20(18)24(7,8)9/h10-13,16,25-26H,1-9H3. The highest BCUT2D eigenvalue weighted by Crippen LogP contribution is 2.45. The number of benzene rings is 2. The minimum absolute atomic E-state index is 0.0662. The number of aryl methyl sites for hydroxylation is 2. The van der Waals surface area contributed by atoms with E-state index in [2.05, 4.69) is 60.6 Å².